The SMILES string of the molecule is Cc1c(N2c3cc(-c4ccccc4)cc4c3B(c3cc5ccccc5c(C)c32)n2c3ccccc3c3cccc-4c32)ccc2ccccc12. The molecule has 3 heteroatoms. The van der Waals surface area contributed by atoms with Gasteiger partial charge in [-0.15, -0.1) is 0 Å². The van der Waals surface area contributed by atoms with Crippen LogP contribution in [0.15, 0.2) is 152 Å². The van der Waals surface area contributed by atoms with Crippen molar-refractivity contribution in [1.29, 1.82) is 0 Å². The highest BCUT2D eigenvalue weighted by atomic mass is 15.2. The molecule has 0 fully saturated rings. The number of hydrogen-bond acceptors (Lipinski definition) is 1. The van der Waals surface area contributed by atoms with Gasteiger partial charge in [0.05, 0.1) is 0 Å². The topological polar surface area (TPSA) is 8.17 Å². The fraction of sp³-hybridized carbons (Fsp3) is 0.0435. The van der Waals surface area contributed by atoms with Crippen LogP contribution in [0, 0.1) is 13.8 Å². The number of benzene rings is 8. The minimum Gasteiger partial charge on any atom is -0.375 e. The van der Waals surface area contributed by atoms with Gasteiger partial charge in [-0.3, -0.25) is 0 Å². The minimum absolute atomic E-state index is 0.0162. The Kier molecular flexibility index (Phi) is 5.36. The molecule has 0 unspecified atom stereocenters. The molecule has 228 valence electrons. The number of fused-ring (bicyclic) bond motifs is 9. The van der Waals surface area contributed by atoms with Gasteiger partial charge < -0.3 is 9.38 Å². The Morgan fingerprint density at radius 2 is 1.16 bits per heavy atom. The third-order valence-electron chi connectivity index (χ3n) is 11.3. The molecule has 0 atom stereocenters. The lowest BCUT2D eigenvalue weighted by molar-refractivity contribution is 1.23. The molecule has 0 amide bonds. The molecule has 0 bridgehead atoms. The molecule has 0 aliphatic carbocycles. The molecule has 9 aromatic rings. The lowest BCUT2D eigenvalue weighted by Crippen LogP contribution is -2.57. The second-order valence-electron chi connectivity index (χ2n) is 13.7. The summed E-state index contributed by atoms with van der Waals surface area (Å²) in [6.45, 7) is 4.64. The van der Waals surface area contributed by atoms with E-state index in [0.29, 0.717) is 0 Å². The van der Waals surface area contributed by atoms with Crippen molar-refractivity contribution in [3.8, 4) is 22.3 Å². The van der Waals surface area contributed by atoms with Crippen LogP contribution in [0.5, 0.6) is 0 Å². The van der Waals surface area contributed by atoms with Crippen molar-refractivity contribution in [1.82, 2.24) is 4.48 Å². The maximum atomic E-state index is 2.66. The maximum absolute atomic E-state index is 2.66. The number of aromatic nitrogens is 1. The van der Waals surface area contributed by atoms with Crippen LogP contribution in [0.3, 0.4) is 0 Å². The molecule has 11 rings (SSSR count). The summed E-state index contributed by atoms with van der Waals surface area (Å²) in [5.74, 6) is 0. The molecule has 2 aliphatic rings. The van der Waals surface area contributed by atoms with Gasteiger partial charge in [0.2, 0.25) is 0 Å². The van der Waals surface area contributed by atoms with E-state index in [0.717, 1.165) is 0 Å². The van der Waals surface area contributed by atoms with Gasteiger partial charge in [0.25, 0.3) is 0 Å². The first-order valence-electron chi connectivity index (χ1n) is 17.2. The summed E-state index contributed by atoms with van der Waals surface area (Å²) < 4.78 is 2.66. The molecule has 0 spiro atoms. The Balaban J connectivity index is 1.36. The first kappa shape index (κ1) is 27.0. The minimum atomic E-state index is 0.0162. The largest absolute Gasteiger partial charge is 0.375 e. The predicted octanol–water partition coefficient (Wildman–Crippen LogP) is 10.8. The third-order valence-corrected chi connectivity index (χ3v) is 11.3. The van der Waals surface area contributed by atoms with Gasteiger partial charge in [-0.1, -0.05) is 127 Å². The van der Waals surface area contributed by atoms with Crippen LogP contribution < -0.4 is 15.8 Å². The third kappa shape index (κ3) is 3.52. The van der Waals surface area contributed by atoms with Gasteiger partial charge in [0.15, 0.2) is 0 Å². The molecule has 0 N–H and O–H groups in total. The number of aryl methyl sites for hydroxylation is 2. The van der Waals surface area contributed by atoms with Crippen molar-refractivity contribution in [2.24, 2.45) is 0 Å². The summed E-state index contributed by atoms with van der Waals surface area (Å²) in [6, 6.07) is 56.5. The Hall–Kier alpha value is -6.06. The van der Waals surface area contributed by atoms with Crippen LogP contribution in [0.4, 0.5) is 17.1 Å². The summed E-state index contributed by atoms with van der Waals surface area (Å²) in [5.41, 5.74) is 16.8. The molecule has 0 saturated carbocycles. The average molecular weight is 623 g/mol. The van der Waals surface area contributed by atoms with Crippen LogP contribution in [0.2, 0.25) is 0 Å². The van der Waals surface area contributed by atoms with E-state index < -0.39 is 0 Å². The fourth-order valence-electron chi connectivity index (χ4n) is 9.17. The monoisotopic (exact) mass is 622 g/mol. The quantitative estimate of drug-likeness (QED) is 0.174. The molecule has 2 nitrogen and oxygen atoms in total. The van der Waals surface area contributed by atoms with Crippen LogP contribution in [-0.2, 0) is 0 Å². The number of hydrogen-bond donors (Lipinski definition) is 0. The van der Waals surface area contributed by atoms with E-state index >= 15 is 0 Å². The van der Waals surface area contributed by atoms with Crippen LogP contribution >= 0.6 is 0 Å². The zero-order chi connectivity index (χ0) is 32.4. The van der Waals surface area contributed by atoms with Crippen molar-refractivity contribution < 1.29 is 0 Å². The summed E-state index contributed by atoms with van der Waals surface area (Å²) in [5, 5.41) is 7.77. The van der Waals surface area contributed by atoms with E-state index in [-0.39, 0.29) is 6.85 Å². The molecule has 0 saturated heterocycles. The van der Waals surface area contributed by atoms with Gasteiger partial charge in [0, 0.05) is 44.4 Å². The van der Waals surface area contributed by atoms with Gasteiger partial charge in [0.1, 0.15) is 0 Å². The summed E-state index contributed by atoms with van der Waals surface area (Å²) in [7, 11) is 0. The number of para-hydroxylation sites is 2. The summed E-state index contributed by atoms with van der Waals surface area (Å²) >= 11 is 0. The first-order valence-corrected chi connectivity index (χ1v) is 17.2. The highest BCUT2D eigenvalue weighted by molar-refractivity contribution is 6.90. The van der Waals surface area contributed by atoms with Gasteiger partial charge in [-0.2, -0.15) is 0 Å². The molecule has 49 heavy (non-hydrogen) atoms. The number of nitrogens with zero attached hydrogens (tertiary/aromatic N) is 2. The molecule has 3 heterocycles. The van der Waals surface area contributed by atoms with Crippen LogP contribution in [0.1, 0.15) is 11.1 Å². The zero-order valence-electron chi connectivity index (χ0n) is 27.4. The van der Waals surface area contributed by atoms with Gasteiger partial charge in [-0.05, 0) is 98.4 Å². The summed E-state index contributed by atoms with van der Waals surface area (Å²) in [6.07, 6.45) is 0. The van der Waals surface area contributed by atoms with E-state index in [1.54, 1.807) is 0 Å². The molecule has 8 aromatic carbocycles. The normalized spacial score (nSPS) is 13.0. The van der Waals surface area contributed by atoms with Gasteiger partial charge >= 0.3 is 6.85 Å². The van der Waals surface area contributed by atoms with Crippen molar-refractivity contribution in [3.63, 3.8) is 0 Å². The first-order chi connectivity index (χ1) is 24.2. The number of rotatable bonds is 2. The molecule has 1 aromatic heterocycles. The van der Waals surface area contributed by atoms with Crippen LogP contribution in [-0.4, -0.2) is 11.3 Å². The van der Waals surface area contributed by atoms with E-state index in [1.807, 2.05) is 0 Å². The van der Waals surface area contributed by atoms with Gasteiger partial charge in [-0.25, -0.2) is 0 Å². The maximum Gasteiger partial charge on any atom is 0.333 e. The van der Waals surface area contributed by atoms with Crippen molar-refractivity contribution in [3.05, 3.63) is 163 Å². The van der Waals surface area contributed by atoms with Crippen LogP contribution in [0.25, 0.3) is 65.6 Å². The second kappa shape index (κ2) is 9.75. The molecule has 2 aliphatic heterocycles. The average Bonchev–Trinajstić information content (AvgIpc) is 3.49. The van der Waals surface area contributed by atoms with E-state index in [9.17, 15) is 0 Å². The van der Waals surface area contributed by atoms with Crippen molar-refractivity contribution in [2.75, 3.05) is 4.90 Å². The number of anilines is 3. The second-order valence-corrected chi connectivity index (χ2v) is 13.7. The fourth-order valence-corrected chi connectivity index (χ4v) is 9.17. The Labute approximate surface area is 285 Å². The Bertz CT molecular complexity index is 2860. The smallest absolute Gasteiger partial charge is 0.333 e. The van der Waals surface area contributed by atoms with E-state index in [1.165, 1.54) is 105 Å². The molecular formula is C46H31BN2. The highest BCUT2D eigenvalue weighted by Gasteiger charge is 2.44. The van der Waals surface area contributed by atoms with Crippen molar-refractivity contribution in [2.45, 2.75) is 13.8 Å². The summed E-state index contributed by atoms with van der Waals surface area (Å²) in [4.78, 5) is 2.61. The molecular weight excluding hydrogens is 591 g/mol. The zero-order valence-corrected chi connectivity index (χ0v) is 27.4. The van der Waals surface area contributed by atoms with E-state index in [2.05, 4.69) is 175 Å². The lowest BCUT2D eigenvalue weighted by Gasteiger charge is -2.42. The Morgan fingerprint density at radius 1 is 0.469 bits per heavy atom. The molecule has 0 radical (unpaired) electrons. The lowest BCUT2D eigenvalue weighted by atomic mass is 9.44. The van der Waals surface area contributed by atoms with E-state index in [4.69, 9.17) is 0 Å². The highest BCUT2D eigenvalue weighted by Crippen LogP contribution is 2.49. The predicted molar refractivity (Wildman–Crippen MR) is 210 cm³/mol. The van der Waals surface area contributed by atoms with Crippen molar-refractivity contribution >= 4 is 78.2 Å². The standard InChI is InChI=1S/C46H31BN2/c1-28-34-17-8-6-15-31(34)23-24-41(28)48-43-27-33(30-13-4-3-5-14-30)25-39-38-21-12-20-37-36-19-10-11-22-42(36)49(46(37)38)47(44(39)43)40-26-32-16-7-9-18-35(32)29(2)45(40)48/h3-27H,1-2H3. The Morgan fingerprint density at radius 3 is 2.00 bits per heavy atom.